The first-order valence-electron chi connectivity index (χ1n) is 11.3. The van der Waals surface area contributed by atoms with Crippen LogP contribution in [0.4, 0.5) is 23.7 Å². The predicted molar refractivity (Wildman–Crippen MR) is 126 cm³/mol. The Kier molecular flexibility index (Phi) is 7.25. The maximum atomic E-state index is 13.6. The van der Waals surface area contributed by atoms with Crippen LogP contribution in [-0.4, -0.2) is 38.8 Å². The lowest BCUT2D eigenvalue weighted by Crippen LogP contribution is -2.48. The molecule has 3 unspecified atom stereocenters. The van der Waals surface area contributed by atoms with Crippen LogP contribution >= 0.6 is 11.6 Å². The Morgan fingerprint density at radius 1 is 1.06 bits per heavy atom. The van der Waals surface area contributed by atoms with Crippen LogP contribution in [0.2, 0.25) is 5.02 Å². The second-order valence-corrected chi connectivity index (χ2v) is 11.9. The quantitative estimate of drug-likeness (QED) is 0.519. The zero-order chi connectivity index (χ0) is 26.4. The Bertz CT molecular complexity index is 1300. The number of carbonyl (C=O) groups is 2. The van der Waals surface area contributed by atoms with Gasteiger partial charge in [0.1, 0.15) is 0 Å². The molecule has 0 saturated heterocycles. The number of alkyl carbamates (subject to hydrolysis) is 1. The first-order valence-corrected chi connectivity index (χ1v) is 13.2. The third kappa shape index (κ3) is 4.90. The highest BCUT2D eigenvalue weighted by molar-refractivity contribution is 7.92. The summed E-state index contributed by atoms with van der Waals surface area (Å²) >= 11 is 6.23. The molecular weight excluding hydrogens is 521 g/mol. The Morgan fingerprint density at radius 2 is 1.72 bits per heavy atom. The summed E-state index contributed by atoms with van der Waals surface area (Å²) in [6, 6.07) is 4.69. The molecule has 7 nitrogen and oxygen atoms in total. The molecule has 0 spiro atoms. The number of benzene rings is 2. The second kappa shape index (κ2) is 9.93. The van der Waals surface area contributed by atoms with Crippen molar-refractivity contribution in [2.45, 2.75) is 42.4 Å². The summed E-state index contributed by atoms with van der Waals surface area (Å²) in [4.78, 5) is 24.2. The summed E-state index contributed by atoms with van der Waals surface area (Å²) in [5.41, 5.74) is -0.446. The highest BCUT2D eigenvalue weighted by Crippen LogP contribution is 2.49. The minimum atomic E-state index is -3.97. The zero-order valence-electron chi connectivity index (χ0n) is 19.4. The van der Waals surface area contributed by atoms with E-state index in [9.17, 15) is 31.2 Å². The van der Waals surface area contributed by atoms with E-state index in [0.29, 0.717) is 25.0 Å². The summed E-state index contributed by atoms with van der Waals surface area (Å²) in [6.07, 6.45) is 0.800. The molecule has 0 radical (unpaired) electrons. The topological polar surface area (TPSA) is 102 Å². The lowest BCUT2D eigenvalue weighted by molar-refractivity contribution is 0.102. The maximum absolute atomic E-state index is 13.6. The van der Waals surface area contributed by atoms with Gasteiger partial charge in [-0.3, -0.25) is 4.79 Å². The first kappa shape index (κ1) is 26.3. The number of amides is 2. The Labute approximate surface area is 211 Å². The van der Waals surface area contributed by atoms with Crippen molar-refractivity contribution in [1.82, 2.24) is 5.32 Å². The summed E-state index contributed by atoms with van der Waals surface area (Å²) in [7, 11) is -2.70. The van der Waals surface area contributed by atoms with Gasteiger partial charge in [-0.05, 0) is 55.2 Å². The van der Waals surface area contributed by atoms with Crippen LogP contribution in [0.25, 0.3) is 0 Å². The number of ether oxygens (including phenoxy) is 1. The van der Waals surface area contributed by atoms with Crippen LogP contribution in [-0.2, 0) is 14.6 Å². The van der Waals surface area contributed by atoms with Gasteiger partial charge >= 0.3 is 6.09 Å². The molecule has 0 heterocycles. The largest absolute Gasteiger partial charge is 0.453 e. The van der Waals surface area contributed by atoms with Crippen LogP contribution < -0.4 is 10.6 Å². The fourth-order valence-corrected chi connectivity index (χ4v) is 7.81. The zero-order valence-corrected chi connectivity index (χ0v) is 20.9. The fraction of sp³-hybridized carbons (Fsp3) is 0.417. The van der Waals surface area contributed by atoms with E-state index in [1.165, 1.54) is 19.2 Å². The van der Waals surface area contributed by atoms with E-state index >= 15 is 0 Å². The summed E-state index contributed by atoms with van der Waals surface area (Å²) in [6.45, 7) is 2.02. The third-order valence-corrected chi connectivity index (χ3v) is 9.78. The van der Waals surface area contributed by atoms with Gasteiger partial charge in [0.25, 0.3) is 5.91 Å². The summed E-state index contributed by atoms with van der Waals surface area (Å²) in [5.74, 6) is -5.43. The lowest BCUT2D eigenvalue weighted by atomic mass is 9.82. The summed E-state index contributed by atoms with van der Waals surface area (Å²) in [5, 5.41) is 4.22. The van der Waals surface area contributed by atoms with Crippen molar-refractivity contribution >= 4 is 39.1 Å². The molecule has 2 saturated carbocycles. The smallest absolute Gasteiger partial charge is 0.407 e. The SMILES string of the molecule is COC(=O)NC1C2CC(S(=O)(=O)c3cc(C(=O)Nc4cc(F)c(F)c(F)c4)ccc3Cl)C[C@@H]1[C@H](C)C2. The van der Waals surface area contributed by atoms with Gasteiger partial charge in [-0.2, -0.15) is 0 Å². The summed E-state index contributed by atoms with van der Waals surface area (Å²) < 4.78 is 72.1. The molecule has 5 atom stereocenters. The van der Waals surface area contributed by atoms with E-state index in [4.69, 9.17) is 16.3 Å². The van der Waals surface area contributed by atoms with Crippen LogP contribution in [0, 0.1) is 35.2 Å². The molecule has 0 aliphatic heterocycles. The standard InChI is InChI=1S/C24H24ClF3N2O5S/c1-11-5-13-6-15(10-16(11)22(13)30-24(32)35-2)36(33,34)20-7-12(3-4-17(20)25)23(31)29-14-8-18(26)21(28)19(27)9-14/h3-4,7-9,11,13,15-16,22H,5-6,10H2,1-2H3,(H,29,31)(H,30,32)/t11-,13?,15?,16-,22?/m1/s1. The average Bonchev–Trinajstić information content (AvgIpc) is 2.98. The van der Waals surface area contributed by atoms with E-state index in [0.717, 1.165) is 12.5 Å². The van der Waals surface area contributed by atoms with E-state index < -0.39 is 44.5 Å². The number of methoxy groups -OCH3 is 1. The monoisotopic (exact) mass is 544 g/mol. The molecule has 2 bridgehead atoms. The fourth-order valence-electron chi connectivity index (χ4n) is 5.41. The van der Waals surface area contributed by atoms with Crippen molar-refractivity contribution in [2.24, 2.45) is 17.8 Å². The number of halogens is 4. The third-order valence-electron chi connectivity index (χ3n) is 7.13. The first-order chi connectivity index (χ1) is 16.9. The van der Waals surface area contributed by atoms with E-state index in [2.05, 4.69) is 10.6 Å². The van der Waals surface area contributed by atoms with Gasteiger partial charge in [-0.1, -0.05) is 18.5 Å². The molecule has 12 heteroatoms. The number of anilines is 1. The van der Waals surface area contributed by atoms with Crippen LogP contribution in [0.3, 0.4) is 0 Å². The number of hydrogen-bond donors (Lipinski definition) is 2. The molecule has 0 aromatic heterocycles. The number of sulfone groups is 1. The van der Waals surface area contributed by atoms with Crippen molar-refractivity contribution in [3.8, 4) is 0 Å². The van der Waals surface area contributed by atoms with Gasteiger partial charge in [0.2, 0.25) is 0 Å². The molecule has 2 N–H and O–H groups in total. The molecule has 2 aromatic carbocycles. The number of nitrogens with one attached hydrogen (secondary N) is 2. The number of hydrogen-bond acceptors (Lipinski definition) is 5. The molecule has 2 aromatic rings. The molecule has 2 aliphatic carbocycles. The van der Waals surface area contributed by atoms with E-state index in [1.807, 2.05) is 6.92 Å². The normalized spacial score (nSPS) is 25.3. The van der Waals surface area contributed by atoms with E-state index in [1.54, 1.807) is 0 Å². The van der Waals surface area contributed by atoms with Gasteiger partial charge in [-0.25, -0.2) is 26.4 Å². The highest BCUT2D eigenvalue weighted by Gasteiger charge is 2.50. The molecule has 4 rings (SSSR count). The second-order valence-electron chi connectivity index (χ2n) is 9.29. The molecule has 194 valence electrons. The maximum Gasteiger partial charge on any atom is 0.407 e. The number of fused-ring (bicyclic) bond motifs is 2. The van der Waals surface area contributed by atoms with Crippen LogP contribution in [0.1, 0.15) is 36.5 Å². The average molecular weight is 545 g/mol. The van der Waals surface area contributed by atoms with Gasteiger partial charge in [0.15, 0.2) is 27.3 Å². The molecule has 2 aliphatic rings. The minimum absolute atomic E-state index is 0.0637. The van der Waals surface area contributed by atoms with Crippen LogP contribution in [0.5, 0.6) is 0 Å². The molecule has 36 heavy (non-hydrogen) atoms. The van der Waals surface area contributed by atoms with Crippen molar-refractivity contribution < 1.29 is 35.9 Å². The van der Waals surface area contributed by atoms with Gasteiger partial charge in [0.05, 0.1) is 22.3 Å². The highest BCUT2D eigenvalue weighted by atomic mass is 35.5. The van der Waals surface area contributed by atoms with Gasteiger partial charge < -0.3 is 15.4 Å². The number of rotatable bonds is 5. The Balaban J connectivity index is 1.57. The van der Waals surface area contributed by atoms with E-state index in [-0.39, 0.29) is 45.0 Å². The van der Waals surface area contributed by atoms with Crippen molar-refractivity contribution in [1.29, 1.82) is 0 Å². The van der Waals surface area contributed by atoms with Crippen LogP contribution in [0.15, 0.2) is 35.2 Å². The molecule has 2 amide bonds. The number of carbonyl (C=O) groups excluding carboxylic acids is 2. The Morgan fingerprint density at radius 3 is 2.33 bits per heavy atom. The van der Waals surface area contributed by atoms with Gasteiger partial charge in [-0.15, -0.1) is 0 Å². The molecule has 2 fully saturated rings. The molecular formula is C24H24ClF3N2O5S. The van der Waals surface area contributed by atoms with Crippen molar-refractivity contribution in [2.75, 3.05) is 12.4 Å². The predicted octanol–water partition coefficient (Wildman–Crippen LogP) is 4.94. The van der Waals surface area contributed by atoms with Gasteiger partial charge in [0, 0.05) is 29.4 Å². The Hall–Kier alpha value is -2.79. The van der Waals surface area contributed by atoms with Crippen molar-refractivity contribution in [3.05, 3.63) is 58.4 Å². The van der Waals surface area contributed by atoms with Crippen molar-refractivity contribution in [3.63, 3.8) is 0 Å². The minimum Gasteiger partial charge on any atom is -0.453 e. The lowest BCUT2D eigenvalue weighted by Gasteiger charge is -2.36.